The van der Waals surface area contributed by atoms with Crippen molar-refractivity contribution in [2.45, 2.75) is 27.2 Å². The van der Waals surface area contributed by atoms with Gasteiger partial charge in [-0.15, -0.1) is 0 Å². The monoisotopic (exact) mass is 250 g/mol. The van der Waals surface area contributed by atoms with Gasteiger partial charge < -0.3 is 5.11 Å². The molecule has 0 spiro atoms. The molecule has 1 aromatic heterocycles. The van der Waals surface area contributed by atoms with Crippen LogP contribution >= 0.6 is 0 Å². The standard InChI is InChI=1S/C13H15FN2O2/c1-13(2,3)6-8-4-9(14)5-10-11(8)15-7-16(10)12(17)18/h4-5,7H,6H2,1-3H3,(H,17,18). The predicted molar refractivity (Wildman–Crippen MR) is 66.3 cm³/mol. The van der Waals surface area contributed by atoms with Gasteiger partial charge in [-0.05, 0) is 23.5 Å². The van der Waals surface area contributed by atoms with Gasteiger partial charge in [0, 0.05) is 6.07 Å². The molecule has 0 saturated carbocycles. The molecule has 4 nitrogen and oxygen atoms in total. The Kier molecular flexibility index (Phi) is 2.84. The number of imidazole rings is 1. The maximum absolute atomic E-state index is 13.6. The molecule has 0 saturated heterocycles. The first-order valence-electron chi connectivity index (χ1n) is 5.67. The van der Waals surface area contributed by atoms with Crippen LogP contribution in [0.15, 0.2) is 18.5 Å². The summed E-state index contributed by atoms with van der Waals surface area (Å²) in [4.78, 5) is 15.1. The SMILES string of the molecule is CC(C)(C)Cc1cc(F)cc2c1ncn2C(=O)O. The van der Waals surface area contributed by atoms with Crippen LogP contribution in [-0.4, -0.2) is 20.8 Å². The third-order valence-corrected chi connectivity index (χ3v) is 2.62. The topological polar surface area (TPSA) is 55.1 Å². The Morgan fingerprint density at radius 1 is 1.44 bits per heavy atom. The second-order valence-corrected chi connectivity index (χ2v) is 5.57. The van der Waals surface area contributed by atoms with Crippen LogP contribution in [0.4, 0.5) is 9.18 Å². The van der Waals surface area contributed by atoms with Crippen molar-refractivity contribution in [3.05, 3.63) is 29.8 Å². The van der Waals surface area contributed by atoms with Crippen LogP contribution in [-0.2, 0) is 6.42 Å². The number of benzene rings is 1. The Labute approximate surface area is 104 Å². The van der Waals surface area contributed by atoms with Crippen LogP contribution in [0.2, 0.25) is 0 Å². The fourth-order valence-corrected chi connectivity index (χ4v) is 2.01. The molecule has 2 rings (SSSR count). The normalized spacial score (nSPS) is 12.0. The maximum atomic E-state index is 13.6. The van der Waals surface area contributed by atoms with E-state index in [2.05, 4.69) is 4.98 Å². The summed E-state index contributed by atoms with van der Waals surface area (Å²) in [5.41, 5.74) is 1.56. The van der Waals surface area contributed by atoms with E-state index in [1.807, 2.05) is 20.8 Å². The molecule has 1 aromatic carbocycles. The number of carbonyl (C=O) groups is 1. The minimum Gasteiger partial charge on any atom is -0.464 e. The Balaban J connectivity index is 2.64. The molecule has 0 unspecified atom stereocenters. The van der Waals surface area contributed by atoms with Crippen LogP contribution < -0.4 is 0 Å². The lowest BCUT2D eigenvalue weighted by atomic mass is 9.87. The van der Waals surface area contributed by atoms with E-state index in [4.69, 9.17) is 5.11 Å². The number of carboxylic acid groups (broad SMARTS) is 1. The number of fused-ring (bicyclic) bond motifs is 1. The first kappa shape index (κ1) is 12.5. The molecular formula is C13H15FN2O2. The zero-order valence-corrected chi connectivity index (χ0v) is 10.6. The van der Waals surface area contributed by atoms with Gasteiger partial charge in [-0.2, -0.15) is 0 Å². The van der Waals surface area contributed by atoms with Crippen LogP contribution in [0.25, 0.3) is 11.0 Å². The van der Waals surface area contributed by atoms with E-state index in [1.54, 1.807) is 0 Å². The summed E-state index contributed by atoms with van der Waals surface area (Å²) in [5.74, 6) is -0.440. The van der Waals surface area contributed by atoms with E-state index in [1.165, 1.54) is 18.5 Å². The Morgan fingerprint density at radius 2 is 2.11 bits per heavy atom. The number of hydrogen-bond donors (Lipinski definition) is 1. The summed E-state index contributed by atoms with van der Waals surface area (Å²) in [7, 11) is 0. The fourth-order valence-electron chi connectivity index (χ4n) is 2.01. The van der Waals surface area contributed by atoms with E-state index in [9.17, 15) is 9.18 Å². The van der Waals surface area contributed by atoms with Crippen molar-refractivity contribution in [2.24, 2.45) is 5.41 Å². The Hall–Kier alpha value is -1.91. The van der Waals surface area contributed by atoms with E-state index in [0.29, 0.717) is 17.5 Å². The molecule has 0 aliphatic heterocycles. The molecule has 0 atom stereocenters. The van der Waals surface area contributed by atoms with Gasteiger partial charge in [0.15, 0.2) is 0 Å². The molecule has 18 heavy (non-hydrogen) atoms. The second kappa shape index (κ2) is 4.08. The average molecular weight is 250 g/mol. The number of aromatic nitrogens is 2. The fraction of sp³-hybridized carbons (Fsp3) is 0.385. The van der Waals surface area contributed by atoms with Gasteiger partial charge in [-0.3, -0.25) is 0 Å². The van der Waals surface area contributed by atoms with E-state index < -0.39 is 11.9 Å². The van der Waals surface area contributed by atoms with Gasteiger partial charge in [0.1, 0.15) is 12.1 Å². The van der Waals surface area contributed by atoms with Crippen LogP contribution in [0.5, 0.6) is 0 Å². The van der Waals surface area contributed by atoms with E-state index in [0.717, 1.165) is 10.1 Å². The Bertz CT molecular complexity index is 611. The lowest BCUT2D eigenvalue weighted by Crippen LogP contribution is -2.10. The van der Waals surface area contributed by atoms with Crippen molar-refractivity contribution >= 4 is 17.1 Å². The minimum atomic E-state index is -1.16. The summed E-state index contributed by atoms with van der Waals surface area (Å²) in [6.07, 6.45) is 0.682. The molecule has 1 heterocycles. The third-order valence-electron chi connectivity index (χ3n) is 2.62. The van der Waals surface area contributed by atoms with Crippen molar-refractivity contribution in [2.75, 3.05) is 0 Å². The van der Waals surface area contributed by atoms with Crippen LogP contribution in [0, 0.1) is 11.2 Å². The first-order chi connectivity index (χ1) is 8.28. The lowest BCUT2D eigenvalue weighted by Gasteiger charge is -2.18. The molecular weight excluding hydrogens is 235 g/mol. The van der Waals surface area contributed by atoms with E-state index >= 15 is 0 Å². The number of hydrogen-bond acceptors (Lipinski definition) is 2. The number of halogens is 1. The molecule has 0 aliphatic rings. The number of rotatable bonds is 1. The molecule has 0 bridgehead atoms. The highest BCUT2D eigenvalue weighted by molar-refractivity contribution is 5.87. The lowest BCUT2D eigenvalue weighted by molar-refractivity contribution is 0.197. The van der Waals surface area contributed by atoms with Gasteiger partial charge in [-0.1, -0.05) is 20.8 Å². The molecule has 96 valence electrons. The molecule has 5 heteroatoms. The van der Waals surface area contributed by atoms with Gasteiger partial charge in [0.25, 0.3) is 0 Å². The largest absolute Gasteiger partial charge is 0.464 e. The van der Waals surface area contributed by atoms with Crippen molar-refractivity contribution in [1.82, 2.24) is 9.55 Å². The summed E-state index contributed by atoms with van der Waals surface area (Å²) in [5, 5.41) is 8.99. The maximum Gasteiger partial charge on any atom is 0.417 e. The molecule has 2 aromatic rings. The summed E-state index contributed by atoms with van der Waals surface area (Å²) < 4.78 is 14.5. The van der Waals surface area contributed by atoms with Crippen molar-refractivity contribution in [1.29, 1.82) is 0 Å². The quantitative estimate of drug-likeness (QED) is 0.844. The van der Waals surface area contributed by atoms with Crippen molar-refractivity contribution in [3.8, 4) is 0 Å². The first-order valence-corrected chi connectivity index (χ1v) is 5.67. The molecule has 0 fully saturated rings. The molecule has 0 aliphatic carbocycles. The summed E-state index contributed by atoms with van der Waals surface area (Å²) in [6, 6.07) is 2.62. The Morgan fingerprint density at radius 3 is 2.67 bits per heavy atom. The summed E-state index contributed by atoms with van der Waals surface area (Å²) >= 11 is 0. The smallest absolute Gasteiger partial charge is 0.417 e. The highest BCUT2D eigenvalue weighted by Crippen LogP contribution is 2.27. The van der Waals surface area contributed by atoms with Gasteiger partial charge >= 0.3 is 6.09 Å². The zero-order valence-electron chi connectivity index (χ0n) is 10.6. The van der Waals surface area contributed by atoms with E-state index in [-0.39, 0.29) is 5.41 Å². The molecule has 1 N–H and O–H groups in total. The van der Waals surface area contributed by atoms with Crippen LogP contribution in [0.1, 0.15) is 26.3 Å². The van der Waals surface area contributed by atoms with Crippen molar-refractivity contribution < 1.29 is 14.3 Å². The summed E-state index contributed by atoms with van der Waals surface area (Å²) in [6.45, 7) is 6.12. The van der Waals surface area contributed by atoms with Crippen LogP contribution in [0.3, 0.4) is 0 Å². The predicted octanol–water partition coefficient (Wildman–Crippen LogP) is 3.29. The second-order valence-electron chi connectivity index (χ2n) is 5.57. The zero-order chi connectivity index (χ0) is 13.5. The number of nitrogens with zero attached hydrogens (tertiary/aromatic N) is 2. The average Bonchev–Trinajstić information content (AvgIpc) is 2.58. The third kappa shape index (κ3) is 2.34. The minimum absolute atomic E-state index is 0.0201. The highest BCUT2D eigenvalue weighted by Gasteiger charge is 2.18. The highest BCUT2D eigenvalue weighted by atomic mass is 19.1. The molecule has 0 amide bonds. The van der Waals surface area contributed by atoms with Gasteiger partial charge in [0.2, 0.25) is 0 Å². The van der Waals surface area contributed by atoms with Crippen molar-refractivity contribution in [3.63, 3.8) is 0 Å². The van der Waals surface area contributed by atoms with Gasteiger partial charge in [0.05, 0.1) is 11.0 Å². The molecule has 0 radical (unpaired) electrons. The van der Waals surface area contributed by atoms with Gasteiger partial charge in [-0.25, -0.2) is 18.7 Å².